The van der Waals surface area contributed by atoms with Crippen LogP contribution < -0.4 is 5.32 Å². The number of H-pyrrole nitrogens is 1. The summed E-state index contributed by atoms with van der Waals surface area (Å²) >= 11 is 6.55. The van der Waals surface area contributed by atoms with Crippen molar-refractivity contribution in [2.24, 2.45) is 5.92 Å². The number of carbonyl (C=O) groups is 2. The van der Waals surface area contributed by atoms with E-state index in [4.69, 9.17) is 0 Å². The summed E-state index contributed by atoms with van der Waals surface area (Å²) in [4.78, 5) is 25.7. The van der Waals surface area contributed by atoms with Crippen molar-refractivity contribution in [1.82, 2.24) is 10.3 Å². The van der Waals surface area contributed by atoms with E-state index in [1.165, 1.54) is 7.11 Å². The van der Waals surface area contributed by atoms with Crippen LogP contribution >= 0.6 is 31.9 Å². The average molecular weight is 382 g/mol. The third-order valence-corrected chi connectivity index (χ3v) is 4.11. The first kappa shape index (κ1) is 15.2. The lowest BCUT2D eigenvalue weighted by atomic mass is 10.1. The van der Waals surface area contributed by atoms with Gasteiger partial charge in [-0.2, -0.15) is 0 Å². The van der Waals surface area contributed by atoms with Gasteiger partial charge < -0.3 is 15.0 Å². The summed E-state index contributed by atoms with van der Waals surface area (Å²) in [7, 11) is 1.35. The fourth-order valence-corrected chi connectivity index (χ4v) is 1.98. The van der Waals surface area contributed by atoms with E-state index in [-0.39, 0.29) is 24.2 Å². The number of ether oxygens (including phenoxy) is 1. The minimum Gasteiger partial charge on any atom is -0.469 e. The first-order valence-corrected chi connectivity index (χ1v) is 6.91. The number of hydrogen-bond donors (Lipinski definition) is 2. The molecule has 1 amide bonds. The van der Waals surface area contributed by atoms with Gasteiger partial charge in [-0.15, -0.1) is 0 Å². The zero-order valence-electron chi connectivity index (χ0n) is 10.0. The van der Waals surface area contributed by atoms with Crippen LogP contribution in [0.5, 0.6) is 0 Å². The maximum atomic E-state index is 11.8. The highest BCUT2D eigenvalue weighted by atomic mass is 79.9. The third kappa shape index (κ3) is 4.45. The summed E-state index contributed by atoms with van der Waals surface area (Å²) < 4.78 is 6.07. The molecular weight excluding hydrogens is 368 g/mol. The van der Waals surface area contributed by atoms with E-state index in [9.17, 15) is 9.59 Å². The van der Waals surface area contributed by atoms with E-state index < -0.39 is 0 Å². The maximum absolute atomic E-state index is 11.8. The van der Waals surface area contributed by atoms with Crippen LogP contribution in [0.1, 0.15) is 23.8 Å². The standard InChI is InChI=1S/C11H14Br2N2O3/c1-6(3-9(16)18-2)5-14-11(17)8-4-7(12)10(13)15-8/h4,6,15H,3,5H2,1-2H3,(H,14,17). The molecule has 1 aromatic heterocycles. The van der Waals surface area contributed by atoms with Gasteiger partial charge in [0, 0.05) is 13.0 Å². The number of aromatic amines is 1. The molecule has 5 nitrogen and oxygen atoms in total. The quantitative estimate of drug-likeness (QED) is 0.769. The molecule has 0 saturated carbocycles. The van der Waals surface area contributed by atoms with Gasteiger partial charge in [0.15, 0.2) is 0 Å². The largest absolute Gasteiger partial charge is 0.469 e. The Hall–Kier alpha value is -0.820. The molecule has 0 aromatic carbocycles. The molecule has 0 aliphatic carbocycles. The van der Waals surface area contributed by atoms with E-state index in [0.717, 1.165) is 9.08 Å². The Bertz CT molecular complexity index is 426. The van der Waals surface area contributed by atoms with Crippen LogP contribution in [0.3, 0.4) is 0 Å². The lowest BCUT2D eigenvalue weighted by molar-refractivity contribution is -0.141. The van der Waals surface area contributed by atoms with Gasteiger partial charge in [0.1, 0.15) is 5.69 Å². The number of methoxy groups -OCH3 is 1. The van der Waals surface area contributed by atoms with Crippen molar-refractivity contribution >= 4 is 43.7 Å². The molecule has 100 valence electrons. The number of nitrogens with one attached hydrogen (secondary N) is 2. The van der Waals surface area contributed by atoms with Gasteiger partial charge in [-0.3, -0.25) is 9.59 Å². The molecule has 18 heavy (non-hydrogen) atoms. The molecule has 0 bridgehead atoms. The Labute approximate surface area is 122 Å². The summed E-state index contributed by atoms with van der Waals surface area (Å²) in [6.45, 7) is 2.29. The van der Waals surface area contributed by atoms with Gasteiger partial charge in [-0.25, -0.2) is 0 Å². The first-order valence-electron chi connectivity index (χ1n) is 5.33. The van der Waals surface area contributed by atoms with E-state index in [2.05, 4.69) is 46.9 Å². The molecule has 1 atom stereocenters. The van der Waals surface area contributed by atoms with Gasteiger partial charge in [0.05, 0.1) is 16.2 Å². The number of esters is 1. The van der Waals surface area contributed by atoms with Crippen LogP contribution in [0.4, 0.5) is 0 Å². The molecule has 0 saturated heterocycles. The van der Waals surface area contributed by atoms with E-state index in [1.54, 1.807) is 6.07 Å². The molecule has 7 heteroatoms. The number of carbonyl (C=O) groups excluding carboxylic acids is 2. The normalized spacial score (nSPS) is 12.0. The van der Waals surface area contributed by atoms with Crippen LogP contribution in [0.2, 0.25) is 0 Å². The topological polar surface area (TPSA) is 71.2 Å². The van der Waals surface area contributed by atoms with Crippen molar-refractivity contribution < 1.29 is 14.3 Å². The highest BCUT2D eigenvalue weighted by Gasteiger charge is 2.14. The fourth-order valence-electron chi connectivity index (χ4n) is 1.33. The van der Waals surface area contributed by atoms with Gasteiger partial charge in [-0.05, 0) is 43.8 Å². The molecule has 0 aliphatic heterocycles. The predicted octanol–water partition coefficient (Wildman–Crippen LogP) is 2.47. The summed E-state index contributed by atoms with van der Waals surface area (Å²) in [5.41, 5.74) is 0.457. The maximum Gasteiger partial charge on any atom is 0.305 e. The molecule has 2 N–H and O–H groups in total. The average Bonchev–Trinajstić information content (AvgIpc) is 2.66. The Morgan fingerprint density at radius 2 is 2.17 bits per heavy atom. The molecule has 0 aliphatic rings. The van der Waals surface area contributed by atoms with Crippen LogP contribution in [0.15, 0.2) is 15.1 Å². The van der Waals surface area contributed by atoms with E-state index in [1.807, 2.05) is 6.92 Å². The zero-order valence-corrected chi connectivity index (χ0v) is 13.2. The molecule has 0 fully saturated rings. The highest BCUT2D eigenvalue weighted by molar-refractivity contribution is 9.13. The molecular formula is C11H14Br2N2O3. The van der Waals surface area contributed by atoms with Crippen LogP contribution in [-0.4, -0.2) is 30.5 Å². The van der Waals surface area contributed by atoms with E-state index in [0.29, 0.717) is 12.2 Å². The van der Waals surface area contributed by atoms with Crippen molar-refractivity contribution in [3.8, 4) is 0 Å². The Balaban J connectivity index is 2.44. The second-order valence-electron chi connectivity index (χ2n) is 3.94. The van der Waals surface area contributed by atoms with Crippen molar-refractivity contribution in [2.45, 2.75) is 13.3 Å². The third-order valence-electron chi connectivity index (χ3n) is 2.32. The van der Waals surface area contributed by atoms with E-state index >= 15 is 0 Å². The van der Waals surface area contributed by atoms with Crippen LogP contribution in [0.25, 0.3) is 0 Å². The molecule has 0 spiro atoms. The minimum absolute atomic E-state index is 0.0308. The number of halogens is 2. The number of amides is 1. The summed E-state index contributed by atoms with van der Waals surface area (Å²) in [5, 5.41) is 2.75. The molecule has 1 heterocycles. The minimum atomic E-state index is -0.276. The summed E-state index contributed by atoms with van der Waals surface area (Å²) in [6, 6.07) is 1.68. The Kier molecular flexibility index (Phi) is 5.87. The zero-order chi connectivity index (χ0) is 13.7. The SMILES string of the molecule is COC(=O)CC(C)CNC(=O)c1cc(Br)c(Br)[nH]1. The lowest BCUT2D eigenvalue weighted by Gasteiger charge is -2.10. The van der Waals surface area contributed by atoms with Gasteiger partial charge >= 0.3 is 5.97 Å². The van der Waals surface area contributed by atoms with Crippen molar-refractivity contribution in [2.75, 3.05) is 13.7 Å². The predicted molar refractivity (Wildman–Crippen MR) is 74.3 cm³/mol. The number of hydrogen-bond acceptors (Lipinski definition) is 3. The molecule has 1 unspecified atom stereocenters. The van der Waals surface area contributed by atoms with Crippen LogP contribution in [0, 0.1) is 5.92 Å². The number of aromatic nitrogens is 1. The van der Waals surface area contributed by atoms with Gasteiger partial charge in [0.25, 0.3) is 5.91 Å². The smallest absolute Gasteiger partial charge is 0.305 e. The summed E-state index contributed by atoms with van der Waals surface area (Å²) in [5.74, 6) is -0.455. The fraction of sp³-hybridized carbons (Fsp3) is 0.455. The van der Waals surface area contributed by atoms with Crippen molar-refractivity contribution in [1.29, 1.82) is 0 Å². The van der Waals surface area contributed by atoms with Gasteiger partial charge in [-0.1, -0.05) is 6.92 Å². The molecule has 1 rings (SSSR count). The highest BCUT2D eigenvalue weighted by Crippen LogP contribution is 2.22. The molecule has 1 aromatic rings. The molecule has 0 radical (unpaired) electrons. The second-order valence-corrected chi connectivity index (χ2v) is 5.59. The Morgan fingerprint density at radius 3 is 2.67 bits per heavy atom. The van der Waals surface area contributed by atoms with Gasteiger partial charge in [0.2, 0.25) is 0 Å². The second kappa shape index (κ2) is 6.94. The monoisotopic (exact) mass is 380 g/mol. The first-order chi connectivity index (χ1) is 8.43. The van der Waals surface area contributed by atoms with Crippen molar-refractivity contribution in [3.05, 3.63) is 20.8 Å². The Morgan fingerprint density at radius 1 is 1.50 bits per heavy atom. The lowest BCUT2D eigenvalue weighted by Crippen LogP contribution is -2.29. The number of rotatable bonds is 5. The van der Waals surface area contributed by atoms with Crippen molar-refractivity contribution in [3.63, 3.8) is 0 Å². The van der Waals surface area contributed by atoms with Crippen LogP contribution in [-0.2, 0) is 9.53 Å². The summed E-state index contributed by atoms with van der Waals surface area (Å²) in [6.07, 6.45) is 0.287.